The molecule has 200 valence electrons. The van der Waals surface area contributed by atoms with Crippen molar-refractivity contribution in [3.05, 3.63) is 101 Å². The van der Waals surface area contributed by atoms with Gasteiger partial charge in [0.25, 0.3) is 0 Å². The van der Waals surface area contributed by atoms with E-state index in [-0.39, 0.29) is 12.1 Å². The van der Waals surface area contributed by atoms with Crippen molar-refractivity contribution in [2.45, 2.75) is 32.4 Å². The van der Waals surface area contributed by atoms with E-state index in [9.17, 15) is 0 Å². The van der Waals surface area contributed by atoms with Crippen LogP contribution in [-0.4, -0.2) is 32.7 Å². The van der Waals surface area contributed by atoms with Crippen LogP contribution in [0.3, 0.4) is 0 Å². The standard InChI is InChI=1S/C30H30Cl2N6S/c1-19-14-20(2)18-36(17-19)25-10-9-22(15-23(25)32)38-29(28(35-30(38)39)24-6-3-4-12-33-24)26-7-5-13-37(26)27-11-8-21(31)16-34-27/h3-13,15-16,19-20,28-29H,14,17-18H2,1-2H3,(H,35,39)/t19-,20+,28-,29-/m0/s1. The van der Waals surface area contributed by atoms with Crippen molar-refractivity contribution in [1.29, 1.82) is 0 Å². The average molecular weight is 578 g/mol. The van der Waals surface area contributed by atoms with Crippen LogP contribution in [0.25, 0.3) is 5.82 Å². The normalized spacial score (nSPS) is 23.2. The molecule has 39 heavy (non-hydrogen) atoms. The summed E-state index contributed by atoms with van der Waals surface area (Å²) < 4.78 is 2.08. The average Bonchev–Trinajstić information content (AvgIpc) is 3.53. The van der Waals surface area contributed by atoms with Crippen molar-refractivity contribution in [1.82, 2.24) is 19.9 Å². The van der Waals surface area contributed by atoms with Crippen LogP contribution in [0, 0.1) is 11.8 Å². The van der Waals surface area contributed by atoms with E-state index in [1.165, 1.54) is 6.42 Å². The van der Waals surface area contributed by atoms with E-state index in [2.05, 4.69) is 61.7 Å². The van der Waals surface area contributed by atoms with E-state index in [1.54, 1.807) is 6.20 Å². The maximum atomic E-state index is 6.98. The maximum absolute atomic E-state index is 6.98. The summed E-state index contributed by atoms with van der Waals surface area (Å²) in [5, 5.41) is 5.48. The largest absolute Gasteiger partial charge is 0.370 e. The minimum Gasteiger partial charge on any atom is -0.370 e. The highest BCUT2D eigenvalue weighted by Gasteiger charge is 2.42. The quantitative estimate of drug-likeness (QED) is 0.253. The van der Waals surface area contributed by atoms with Crippen molar-refractivity contribution in [3.8, 4) is 5.82 Å². The number of thiocarbonyl (C=S) groups is 1. The van der Waals surface area contributed by atoms with Gasteiger partial charge in [-0.3, -0.25) is 4.98 Å². The van der Waals surface area contributed by atoms with Gasteiger partial charge in [0.05, 0.1) is 27.5 Å². The third-order valence-electron chi connectivity index (χ3n) is 7.56. The Labute approximate surface area is 244 Å². The highest BCUT2D eigenvalue weighted by molar-refractivity contribution is 7.80. The summed E-state index contributed by atoms with van der Waals surface area (Å²) in [4.78, 5) is 13.8. The van der Waals surface area contributed by atoms with Crippen molar-refractivity contribution in [2.75, 3.05) is 22.9 Å². The second-order valence-corrected chi connectivity index (χ2v) is 11.9. The Morgan fingerprint density at radius 2 is 1.77 bits per heavy atom. The van der Waals surface area contributed by atoms with Crippen LogP contribution in [0.1, 0.15) is 43.7 Å². The number of piperidine rings is 1. The Kier molecular flexibility index (Phi) is 7.23. The van der Waals surface area contributed by atoms with Gasteiger partial charge in [0.2, 0.25) is 0 Å². The van der Waals surface area contributed by atoms with E-state index in [1.807, 2.05) is 54.9 Å². The number of anilines is 2. The molecule has 2 fully saturated rings. The lowest BCUT2D eigenvalue weighted by Crippen LogP contribution is -2.38. The van der Waals surface area contributed by atoms with E-state index in [0.29, 0.717) is 22.0 Å². The van der Waals surface area contributed by atoms with Crippen LogP contribution in [0.4, 0.5) is 11.4 Å². The van der Waals surface area contributed by atoms with Crippen molar-refractivity contribution in [2.24, 2.45) is 11.8 Å². The predicted octanol–water partition coefficient (Wildman–Crippen LogP) is 7.23. The zero-order valence-corrected chi connectivity index (χ0v) is 24.2. The number of nitrogens with one attached hydrogen (secondary N) is 1. The summed E-state index contributed by atoms with van der Waals surface area (Å²) >= 11 is 19.1. The molecule has 4 aromatic rings. The van der Waals surface area contributed by atoms with E-state index < -0.39 is 0 Å². The zero-order chi connectivity index (χ0) is 27.1. The number of nitrogens with zero attached hydrogens (tertiary/aromatic N) is 5. The van der Waals surface area contributed by atoms with Gasteiger partial charge in [-0.1, -0.05) is 43.1 Å². The molecule has 0 bridgehead atoms. The molecule has 0 unspecified atom stereocenters. The number of rotatable bonds is 5. The second-order valence-electron chi connectivity index (χ2n) is 10.6. The fourth-order valence-electron chi connectivity index (χ4n) is 6.05. The van der Waals surface area contributed by atoms with Gasteiger partial charge in [-0.15, -0.1) is 0 Å². The molecule has 0 spiro atoms. The molecule has 9 heteroatoms. The first-order chi connectivity index (χ1) is 18.9. The molecule has 0 radical (unpaired) electrons. The first-order valence-electron chi connectivity index (χ1n) is 13.2. The highest BCUT2D eigenvalue weighted by Crippen LogP contribution is 2.44. The van der Waals surface area contributed by atoms with Crippen LogP contribution >= 0.6 is 35.4 Å². The molecule has 2 aliphatic rings. The molecule has 0 amide bonds. The maximum Gasteiger partial charge on any atom is 0.174 e. The van der Waals surface area contributed by atoms with E-state index in [4.69, 9.17) is 35.4 Å². The van der Waals surface area contributed by atoms with Gasteiger partial charge < -0.3 is 19.7 Å². The smallest absolute Gasteiger partial charge is 0.174 e. The van der Waals surface area contributed by atoms with E-state index >= 15 is 0 Å². The molecule has 6 nitrogen and oxygen atoms in total. The minimum absolute atomic E-state index is 0.179. The minimum atomic E-state index is -0.197. The summed E-state index contributed by atoms with van der Waals surface area (Å²) in [5.41, 5.74) is 3.93. The van der Waals surface area contributed by atoms with Crippen LogP contribution in [0.5, 0.6) is 0 Å². The van der Waals surface area contributed by atoms with Crippen molar-refractivity contribution in [3.63, 3.8) is 0 Å². The van der Waals surface area contributed by atoms with Gasteiger partial charge in [-0.2, -0.15) is 0 Å². The van der Waals surface area contributed by atoms with Gasteiger partial charge in [0.1, 0.15) is 11.9 Å². The summed E-state index contributed by atoms with van der Waals surface area (Å²) in [6, 6.07) is 19.8. The Balaban J connectivity index is 1.42. The number of benzene rings is 1. The number of pyridine rings is 2. The second kappa shape index (κ2) is 10.8. The first kappa shape index (κ1) is 26.1. The lowest BCUT2D eigenvalue weighted by Gasteiger charge is -2.37. The molecule has 0 aliphatic carbocycles. The van der Waals surface area contributed by atoms with Crippen LogP contribution in [0.15, 0.2) is 79.3 Å². The zero-order valence-electron chi connectivity index (χ0n) is 21.8. The molecular weight excluding hydrogens is 547 g/mol. The van der Waals surface area contributed by atoms with Crippen LogP contribution in [-0.2, 0) is 0 Å². The number of hydrogen-bond acceptors (Lipinski definition) is 4. The first-order valence-corrected chi connectivity index (χ1v) is 14.4. The van der Waals surface area contributed by atoms with Gasteiger partial charge >= 0.3 is 0 Å². The monoisotopic (exact) mass is 576 g/mol. The third kappa shape index (κ3) is 5.11. The Morgan fingerprint density at radius 1 is 0.949 bits per heavy atom. The molecular formula is C30H30Cl2N6S. The van der Waals surface area contributed by atoms with Gasteiger partial charge in [0, 0.05) is 43.1 Å². The molecule has 2 saturated heterocycles. The van der Waals surface area contributed by atoms with E-state index in [0.717, 1.165) is 46.7 Å². The fraction of sp³-hybridized carbons (Fsp3) is 0.300. The molecule has 1 N–H and O–H groups in total. The summed E-state index contributed by atoms with van der Waals surface area (Å²) in [7, 11) is 0. The van der Waals surface area contributed by atoms with Crippen LogP contribution < -0.4 is 15.1 Å². The Hall–Kier alpha value is -3.13. The predicted molar refractivity (Wildman–Crippen MR) is 163 cm³/mol. The number of hydrogen-bond donors (Lipinski definition) is 1. The SMILES string of the molecule is C[C@@H]1C[C@H](C)CN(c2ccc(N3C(=S)N[C@@H](c4ccccn4)[C@@H]3c3cccn3-c3ccc(Cl)cn3)cc2Cl)C1. The lowest BCUT2D eigenvalue weighted by atomic mass is 9.91. The number of aromatic nitrogens is 3. The Bertz CT molecular complexity index is 1460. The molecule has 4 atom stereocenters. The molecule has 2 aliphatic heterocycles. The summed E-state index contributed by atoms with van der Waals surface area (Å²) in [6.07, 6.45) is 6.73. The topological polar surface area (TPSA) is 49.2 Å². The molecule has 5 heterocycles. The van der Waals surface area contributed by atoms with Crippen molar-refractivity contribution >= 4 is 51.9 Å². The van der Waals surface area contributed by atoms with Gasteiger partial charge in [-0.05, 0) is 85.1 Å². The fourth-order valence-corrected chi connectivity index (χ4v) is 6.80. The number of halogens is 2. The summed E-state index contributed by atoms with van der Waals surface area (Å²) in [6.45, 7) is 6.65. The van der Waals surface area contributed by atoms with Crippen LogP contribution in [0.2, 0.25) is 10.0 Å². The third-order valence-corrected chi connectivity index (χ3v) is 8.40. The van der Waals surface area contributed by atoms with Crippen molar-refractivity contribution < 1.29 is 0 Å². The summed E-state index contributed by atoms with van der Waals surface area (Å²) in [5.74, 6) is 2.05. The lowest BCUT2D eigenvalue weighted by molar-refractivity contribution is 0.357. The van der Waals surface area contributed by atoms with Gasteiger partial charge in [-0.25, -0.2) is 4.98 Å². The molecule has 3 aromatic heterocycles. The highest BCUT2D eigenvalue weighted by atomic mass is 35.5. The molecule has 1 aromatic carbocycles. The Morgan fingerprint density at radius 3 is 2.46 bits per heavy atom. The van der Waals surface area contributed by atoms with Gasteiger partial charge in [0.15, 0.2) is 5.11 Å². The molecule has 6 rings (SSSR count). The molecule has 0 saturated carbocycles.